The lowest BCUT2D eigenvalue weighted by atomic mass is 9.89. The summed E-state index contributed by atoms with van der Waals surface area (Å²) in [6.07, 6.45) is 7.48. The SMILES string of the molecule is Cc1nnc([C@H]2CO[C@@H]3CN(CC4CCCCC4)C[C@H]23)o1. The van der Waals surface area contributed by atoms with Crippen molar-refractivity contribution in [1.82, 2.24) is 15.1 Å². The molecule has 0 unspecified atom stereocenters. The van der Waals surface area contributed by atoms with Gasteiger partial charge in [0.05, 0.1) is 18.6 Å². The Morgan fingerprint density at radius 3 is 2.76 bits per heavy atom. The van der Waals surface area contributed by atoms with E-state index >= 15 is 0 Å². The van der Waals surface area contributed by atoms with Crippen LogP contribution in [0.3, 0.4) is 0 Å². The number of aromatic nitrogens is 2. The first kappa shape index (κ1) is 13.7. The molecular weight excluding hydrogens is 266 g/mol. The maximum atomic E-state index is 6.00. The van der Waals surface area contributed by atoms with E-state index in [1.807, 2.05) is 6.92 Å². The van der Waals surface area contributed by atoms with Gasteiger partial charge in [-0.2, -0.15) is 0 Å². The summed E-state index contributed by atoms with van der Waals surface area (Å²) >= 11 is 0. The molecule has 5 heteroatoms. The molecule has 0 amide bonds. The van der Waals surface area contributed by atoms with Crippen molar-refractivity contribution in [3.05, 3.63) is 11.8 Å². The van der Waals surface area contributed by atoms with E-state index in [9.17, 15) is 0 Å². The van der Waals surface area contributed by atoms with Crippen LogP contribution in [-0.2, 0) is 4.74 Å². The van der Waals surface area contributed by atoms with Gasteiger partial charge in [0.2, 0.25) is 11.8 Å². The van der Waals surface area contributed by atoms with Crippen LogP contribution in [0.1, 0.15) is 49.8 Å². The number of fused-ring (bicyclic) bond motifs is 1. The Labute approximate surface area is 126 Å². The number of nitrogens with zero attached hydrogens (tertiary/aromatic N) is 3. The van der Waals surface area contributed by atoms with Crippen LogP contribution < -0.4 is 0 Å². The number of hydrogen-bond donors (Lipinski definition) is 0. The summed E-state index contributed by atoms with van der Waals surface area (Å²) in [4.78, 5) is 2.61. The Morgan fingerprint density at radius 1 is 1.14 bits per heavy atom. The molecule has 2 aliphatic heterocycles. The van der Waals surface area contributed by atoms with Gasteiger partial charge >= 0.3 is 0 Å². The molecule has 1 aliphatic carbocycles. The lowest BCUT2D eigenvalue weighted by Crippen LogP contribution is -2.30. The molecule has 0 spiro atoms. The Balaban J connectivity index is 1.38. The second-order valence-electron chi connectivity index (χ2n) is 7.02. The molecule has 4 rings (SSSR count). The highest BCUT2D eigenvalue weighted by Crippen LogP contribution is 2.40. The van der Waals surface area contributed by atoms with Crippen molar-refractivity contribution in [2.24, 2.45) is 11.8 Å². The molecule has 21 heavy (non-hydrogen) atoms. The van der Waals surface area contributed by atoms with Crippen LogP contribution in [0.15, 0.2) is 4.42 Å². The van der Waals surface area contributed by atoms with Crippen molar-refractivity contribution in [3.8, 4) is 0 Å². The zero-order chi connectivity index (χ0) is 14.2. The zero-order valence-electron chi connectivity index (χ0n) is 12.8. The molecule has 2 saturated heterocycles. The molecule has 3 heterocycles. The molecule has 0 aromatic carbocycles. The fraction of sp³-hybridized carbons (Fsp3) is 0.875. The van der Waals surface area contributed by atoms with E-state index in [4.69, 9.17) is 9.15 Å². The first-order valence-electron chi connectivity index (χ1n) is 8.43. The minimum Gasteiger partial charge on any atom is -0.425 e. The van der Waals surface area contributed by atoms with Crippen molar-refractivity contribution in [3.63, 3.8) is 0 Å². The number of likely N-dealkylation sites (tertiary alicyclic amines) is 1. The zero-order valence-corrected chi connectivity index (χ0v) is 12.8. The smallest absolute Gasteiger partial charge is 0.222 e. The van der Waals surface area contributed by atoms with Crippen LogP contribution in [0.5, 0.6) is 0 Å². The molecule has 5 nitrogen and oxygen atoms in total. The number of aryl methyl sites for hydroxylation is 1. The van der Waals surface area contributed by atoms with E-state index in [-0.39, 0.29) is 0 Å². The molecule has 3 aliphatic rings. The molecule has 1 aromatic rings. The van der Waals surface area contributed by atoms with Gasteiger partial charge < -0.3 is 14.1 Å². The molecule has 3 fully saturated rings. The van der Waals surface area contributed by atoms with Crippen LogP contribution >= 0.6 is 0 Å². The molecule has 1 saturated carbocycles. The minimum absolute atomic E-state index is 0.299. The van der Waals surface area contributed by atoms with Gasteiger partial charge in [0.15, 0.2) is 0 Å². The predicted octanol–water partition coefficient (Wildman–Crippen LogP) is 2.37. The van der Waals surface area contributed by atoms with Crippen molar-refractivity contribution < 1.29 is 9.15 Å². The van der Waals surface area contributed by atoms with Gasteiger partial charge in [-0.05, 0) is 18.8 Å². The fourth-order valence-corrected chi connectivity index (χ4v) is 4.39. The molecule has 1 aromatic heterocycles. The molecule has 0 radical (unpaired) electrons. The van der Waals surface area contributed by atoms with Gasteiger partial charge in [-0.15, -0.1) is 10.2 Å². The maximum Gasteiger partial charge on any atom is 0.222 e. The van der Waals surface area contributed by atoms with E-state index in [1.165, 1.54) is 38.6 Å². The van der Waals surface area contributed by atoms with E-state index in [2.05, 4.69) is 15.1 Å². The summed E-state index contributed by atoms with van der Waals surface area (Å²) in [5.74, 6) is 3.17. The Hall–Kier alpha value is -0.940. The number of ether oxygens (including phenoxy) is 1. The number of rotatable bonds is 3. The molecule has 0 N–H and O–H groups in total. The summed E-state index contributed by atoms with van der Waals surface area (Å²) in [5.41, 5.74) is 0. The van der Waals surface area contributed by atoms with Gasteiger partial charge in [0.1, 0.15) is 0 Å². The summed E-state index contributed by atoms with van der Waals surface area (Å²) in [5, 5.41) is 8.19. The van der Waals surface area contributed by atoms with Crippen LogP contribution in [0.2, 0.25) is 0 Å². The average molecular weight is 291 g/mol. The Kier molecular flexibility index (Phi) is 3.71. The lowest BCUT2D eigenvalue weighted by molar-refractivity contribution is 0.0928. The van der Waals surface area contributed by atoms with Gasteiger partial charge in [-0.1, -0.05) is 19.3 Å². The van der Waals surface area contributed by atoms with Crippen LogP contribution in [0.25, 0.3) is 0 Å². The van der Waals surface area contributed by atoms with Crippen molar-refractivity contribution in [2.75, 3.05) is 26.2 Å². The highest BCUT2D eigenvalue weighted by atomic mass is 16.5. The van der Waals surface area contributed by atoms with Crippen LogP contribution in [-0.4, -0.2) is 47.4 Å². The van der Waals surface area contributed by atoms with Crippen molar-refractivity contribution in [1.29, 1.82) is 0 Å². The second-order valence-corrected chi connectivity index (χ2v) is 7.02. The van der Waals surface area contributed by atoms with Gasteiger partial charge in [0, 0.05) is 32.5 Å². The quantitative estimate of drug-likeness (QED) is 0.856. The summed E-state index contributed by atoms with van der Waals surface area (Å²) in [6, 6.07) is 0. The van der Waals surface area contributed by atoms with Crippen LogP contribution in [0, 0.1) is 18.8 Å². The third kappa shape index (κ3) is 2.73. The van der Waals surface area contributed by atoms with Crippen molar-refractivity contribution in [2.45, 2.75) is 51.0 Å². The molecule has 3 atom stereocenters. The van der Waals surface area contributed by atoms with E-state index in [1.54, 1.807) is 0 Å². The Bertz CT molecular complexity index is 484. The highest BCUT2D eigenvalue weighted by Gasteiger charge is 2.46. The first-order chi connectivity index (χ1) is 10.3. The van der Waals surface area contributed by atoms with E-state index < -0.39 is 0 Å². The predicted molar refractivity (Wildman–Crippen MR) is 78.0 cm³/mol. The van der Waals surface area contributed by atoms with Crippen LogP contribution in [0.4, 0.5) is 0 Å². The topological polar surface area (TPSA) is 51.4 Å². The second kappa shape index (κ2) is 5.69. The monoisotopic (exact) mass is 291 g/mol. The number of hydrogen-bond acceptors (Lipinski definition) is 5. The van der Waals surface area contributed by atoms with Gasteiger partial charge in [0.25, 0.3) is 0 Å². The van der Waals surface area contributed by atoms with E-state index in [0.29, 0.717) is 23.8 Å². The standard InChI is InChI=1S/C16H25N3O2/c1-11-17-18-16(21-11)14-10-20-15-9-19(8-13(14)15)7-12-5-3-2-4-6-12/h12-15H,2-10H2,1H3/t13-,14+,15-/m1/s1. The third-order valence-electron chi connectivity index (χ3n) is 5.49. The average Bonchev–Trinajstić information content (AvgIpc) is 3.15. The molecule has 0 bridgehead atoms. The molecular formula is C16H25N3O2. The molecule has 116 valence electrons. The fourth-order valence-electron chi connectivity index (χ4n) is 4.39. The summed E-state index contributed by atoms with van der Waals surface area (Å²) < 4.78 is 11.6. The van der Waals surface area contributed by atoms with Gasteiger partial charge in [-0.25, -0.2) is 0 Å². The normalized spacial score (nSPS) is 34.4. The van der Waals surface area contributed by atoms with Crippen molar-refractivity contribution >= 4 is 0 Å². The minimum atomic E-state index is 0.299. The lowest BCUT2D eigenvalue weighted by Gasteiger charge is -2.27. The maximum absolute atomic E-state index is 6.00. The summed E-state index contributed by atoms with van der Waals surface area (Å²) in [6.45, 7) is 6.08. The highest BCUT2D eigenvalue weighted by molar-refractivity contribution is 5.05. The Morgan fingerprint density at radius 2 is 2.00 bits per heavy atom. The first-order valence-corrected chi connectivity index (χ1v) is 8.43. The largest absolute Gasteiger partial charge is 0.425 e. The summed E-state index contributed by atoms with van der Waals surface area (Å²) in [7, 11) is 0. The van der Waals surface area contributed by atoms with Gasteiger partial charge in [-0.3, -0.25) is 0 Å². The third-order valence-corrected chi connectivity index (χ3v) is 5.49. The van der Waals surface area contributed by atoms with E-state index in [0.717, 1.165) is 31.5 Å².